The van der Waals surface area contributed by atoms with E-state index in [2.05, 4.69) is 0 Å². The molecule has 0 heterocycles. The molecule has 0 aromatic carbocycles. The van der Waals surface area contributed by atoms with Crippen LogP contribution in [0.15, 0.2) is 23.7 Å². The van der Waals surface area contributed by atoms with Crippen LogP contribution in [-0.2, 0) is 9.47 Å². The average molecular weight is 140 g/mol. The summed E-state index contributed by atoms with van der Waals surface area (Å²) in [6.07, 6.45) is 5.80. The fraction of sp³-hybridized carbons (Fsp3) is 0.500. The summed E-state index contributed by atoms with van der Waals surface area (Å²) in [7, 11) is 3.38. The number of hydrogen-bond acceptors (Lipinski definition) is 2. The Labute approximate surface area is 61.1 Å². The van der Waals surface area contributed by atoms with Crippen molar-refractivity contribution in [2.45, 2.75) is 12.8 Å². The lowest BCUT2D eigenvalue weighted by Gasteiger charge is -2.11. The first-order chi connectivity index (χ1) is 4.86. The molecule has 2 heteroatoms. The fourth-order valence-corrected chi connectivity index (χ4v) is 0.939. The van der Waals surface area contributed by atoms with E-state index < -0.39 is 0 Å². The third-order valence-electron chi connectivity index (χ3n) is 1.60. The summed E-state index contributed by atoms with van der Waals surface area (Å²) in [5, 5.41) is 0. The van der Waals surface area contributed by atoms with Crippen LogP contribution in [0.1, 0.15) is 12.8 Å². The van der Waals surface area contributed by atoms with Crippen molar-refractivity contribution in [3.8, 4) is 0 Å². The zero-order chi connectivity index (χ0) is 7.40. The maximum atomic E-state index is 5.04. The van der Waals surface area contributed by atoms with E-state index in [1.807, 2.05) is 12.2 Å². The van der Waals surface area contributed by atoms with E-state index in [4.69, 9.17) is 9.47 Å². The third-order valence-corrected chi connectivity index (χ3v) is 1.60. The summed E-state index contributed by atoms with van der Waals surface area (Å²) in [5.41, 5.74) is 0. The molecule has 0 atom stereocenters. The number of ether oxygens (including phenoxy) is 2. The second kappa shape index (κ2) is 3.30. The molecular formula is C8H12O2. The molecule has 2 nitrogen and oxygen atoms in total. The molecule has 0 aromatic heterocycles. The van der Waals surface area contributed by atoms with Crippen LogP contribution in [0.5, 0.6) is 0 Å². The van der Waals surface area contributed by atoms with Gasteiger partial charge in [-0.1, -0.05) is 0 Å². The Hall–Kier alpha value is -0.920. The molecule has 0 bridgehead atoms. The Morgan fingerprint density at radius 2 is 1.40 bits per heavy atom. The third kappa shape index (κ3) is 1.53. The van der Waals surface area contributed by atoms with Crippen LogP contribution >= 0.6 is 0 Å². The predicted octanol–water partition coefficient (Wildman–Crippen LogP) is 1.84. The maximum Gasteiger partial charge on any atom is 0.0961 e. The summed E-state index contributed by atoms with van der Waals surface area (Å²) >= 11 is 0. The van der Waals surface area contributed by atoms with Crippen LogP contribution in [0.4, 0.5) is 0 Å². The van der Waals surface area contributed by atoms with Gasteiger partial charge in [0.15, 0.2) is 0 Å². The highest BCUT2D eigenvalue weighted by Crippen LogP contribution is 2.18. The Morgan fingerprint density at radius 1 is 1.00 bits per heavy atom. The molecule has 0 saturated carbocycles. The van der Waals surface area contributed by atoms with Crippen molar-refractivity contribution in [3.63, 3.8) is 0 Å². The van der Waals surface area contributed by atoms with Crippen molar-refractivity contribution in [1.82, 2.24) is 0 Å². The first-order valence-corrected chi connectivity index (χ1v) is 3.34. The second-order valence-corrected chi connectivity index (χ2v) is 2.17. The highest BCUT2D eigenvalue weighted by Gasteiger charge is 2.04. The second-order valence-electron chi connectivity index (χ2n) is 2.17. The molecule has 1 aliphatic rings. The molecule has 10 heavy (non-hydrogen) atoms. The summed E-state index contributed by atoms with van der Waals surface area (Å²) in [6.45, 7) is 0. The first-order valence-electron chi connectivity index (χ1n) is 3.34. The number of hydrogen-bond donors (Lipinski definition) is 0. The monoisotopic (exact) mass is 140 g/mol. The zero-order valence-electron chi connectivity index (χ0n) is 6.39. The molecule has 0 N–H and O–H groups in total. The van der Waals surface area contributed by atoms with Gasteiger partial charge in [0.1, 0.15) is 0 Å². The van der Waals surface area contributed by atoms with Gasteiger partial charge in [-0.3, -0.25) is 0 Å². The molecule has 0 unspecified atom stereocenters. The molecule has 0 saturated heterocycles. The molecule has 0 spiro atoms. The minimum absolute atomic E-state index is 0.955. The quantitative estimate of drug-likeness (QED) is 0.582. The lowest BCUT2D eigenvalue weighted by atomic mass is 10.1. The Balaban J connectivity index is 2.55. The zero-order valence-corrected chi connectivity index (χ0v) is 6.39. The van der Waals surface area contributed by atoms with E-state index in [0.717, 1.165) is 24.4 Å². The molecule has 1 aliphatic carbocycles. The summed E-state index contributed by atoms with van der Waals surface area (Å²) in [6, 6.07) is 0. The number of rotatable bonds is 2. The predicted molar refractivity (Wildman–Crippen MR) is 39.4 cm³/mol. The Bertz CT molecular complexity index is 148. The van der Waals surface area contributed by atoms with Gasteiger partial charge in [0.2, 0.25) is 0 Å². The molecule has 0 aromatic rings. The van der Waals surface area contributed by atoms with Gasteiger partial charge in [-0.2, -0.15) is 0 Å². The van der Waals surface area contributed by atoms with E-state index in [9.17, 15) is 0 Å². The lowest BCUT2D eigenvalue weighted by molar-refractivity contribution is 0.244. The molecule has 56 valence electrons. The molecule has 0 amide bonds. The number of methoxy groups -OCH3 is 2. The van der Waals surface area contributed by atoms with Crippen molar-refractivity contribution >= 4 is 0 Å². The SMILES string of the molecule is COC1=CC=C(OC)CC1. The summed E-state index contributed by atoms with van der Waals surface area (Å²) in [4.78, 5) is 0. The van der Waals surface area contributed by atoms with Gasteiger partial charge in [0.05, 0.1) is 25.7 Å². The van der Waals surface area contributed by atoms with Gasteiger partial charge < -0.3 is 9.47 Å². The van der Waals surface area contributed by atoms with Crippen molar-refractivity contribution in [2.75, 3.05) is 14.2 Å². The van der Waals surface area contributed by atoms with Crippen LogP contribution < -0.4 is 0 Å². The largest absolute Gasteiger partial charge is 0.501 e. The van der Waals surface area contributed by atoms with Gasteiger partial charge in [-0.05, 0) is 12.2 Å². The molecule has 0 fully saturated rings. The highest BCUT2D eigenvalue weighted by atomic mass is 16.5. The maximum absolute atomic E-state index is 5.04. The smallest absolute Gasteiger partial charge is 0.0961 e. The number of allylic oxidation sites excluding steroid dienone is 4. The Morgan fingerprint density at radius 3 is 1.60 bits per heavy atom. The van der Waals surface area contributed by atoms with Crippen LogP contribution in [0, 0.1) is 0 Å². The van der Waals surface area contributed by atoms with Crippen LogP contribution in [0.25, 0.3) is 0 Å². The van der Waals surface area contributed by atoms with E-state index in [1.165, 1.54) is 0 Å². The topological polar surface area (TPSA) is 18.5 Å². The van der Waals surface area contributed by atoms with E-state index in [1.54, 1.807) is 14.2 Å². The van der Waals surface area contributed by atoms with Gasteiger partial charge in [0, 0.05) is 12.8 Å². The normalized spacial score (nSPS) is 17.4. The fourth-order valence-electron chi connectivity index (χ4n) is 0.939. The minimum atomic E-state index is 0.955. The first kappa shape index (κ1) is 7.19. The van der Waals surface area contributed by atoms with Crippen LogP contribution in [-0.4, -0.2) is 14.2 Å². The molecular weight excluding hydrogens is 128 g/mol. The minimum Gasteiger partial charge on any atom is -0.501 e. The Kier molecular flexibility index (Phi) is 2.37. The molecule has 1 rings (SSSR count). The molecule has 0 radical (unpaired) electrons. The van der Waals surface area contributed by atoms with Gasteiger partial charge in [-0.25, -0.2) is 0 Å². The average Bonchev–Trinajstić information content (AvgIpc) is 2.05. The van der Waals surface area contributed by atoms with Crippen molar-refractivity contribution in [3.05, 3.63) is 23.7 Å². The van der Waals surface area contributed by atoms with Gasteiger partial charge in [0.25, 0.3) is 0 Å². The lowest BCUT2D eigenvalue weighted by Crippen LogP contribution is -1.96. The standard InChI is InChI=1S/C8H12O2/c1-9-7-3-5-8(10-2)6-4-7/h3,5H,4,6H2,1-2H3. The van der Waals surface area contributed by atoms with E-state index in [-0.39, 0.29) is 0 Å². The van der Waals surface area contributed by atoms with Gasteiger partial charge >= 0.3 is 0 Å². The van der Waals surface area contributed by atoms with Gasteiger partial charge in [-0.15, -0.1) is 0 Å². The molecule has 0 aliphatic heterocycles. The van der Waals surface area contributed by atoms with Crippen molar-refractivity contribution in [2.24, 2.45) is 0 Å². The van der Waals surface area contributed by atoms with Crippen LogP contribution in [0.2, 0.25) is 0 Å². The summed E-state index contributed by atoms with van der Waals surface area (Å²) in [5.74, 6) is 2.06. The van der Waals surface area contributed by atoms with E-state index >= 15 is 0 Å². The van der Waals surface area contributed by atoms with E-state index in [0.29, 0.717) is 0 Å². The van der Waals surface area contributed by atoms with Crippen LogP contribution in [0.3, 0.4) is 0 Å². The van der Waals surface area contributed by atoms with Crippen molar-refractivity contribution < 1.29 is 9.47 Å². The summed E-state index contributed by atoms with van der Waals surface area (Å²) < 4.78 is 10.1. The van der Waals surface area contributed by atoms with Crippen molar-refractivity contribution in [1.29, 1.82) is 0 Å². The highest BCUT2D eigenvalue weighted by molar-refractivity contribution is 5.17.